The van der Waals surface area contributed by atoms with Crippen LogP contribution in [0.4, 0.5) is 0 Å². The van der Waals surface area contributed by atoms with Gasteiger partial charge in [-0.05, 0) is 11.4 Å². The van der Waals surface area contributed by atoms with Crippen molar-refractivity contribution in [3.63, 3.8) is 0 Å². The smallest absolute Gasteiger partial charge is 0.151 e. The molecular weight excluding hydrogens is 230 g/mol. The lowest BCUT2D eigenvalue weighted by Gasteiger charge is -1.97. The van der Waals surface area contributed by atoms with Crippen LogP contribution in [0.2, 0.25) is 5.15 Å². The van der Waals surface area contributed by atoms with E-state index in [0.717, 1.165) is 10.7 Å². The number of nitriles is 1. The zero-order valence-electron chi connectivity index (χ0n) is 8.07. The largest absolute Gasteiger partial charge is 0.317 e. The minimum Gasteiger partial charge on any atom is -0.317 e. The van der Waals surface area contributed by atoms with E-state index in [1.807, 2.05) is 24.6 Å². The summed E-state index contributed by atoms with van der Waals surface area (Å²) in [6.07, 6.45) is 0.248. The van der Waals surface area contributed by atoms with Gasteiger partial charge in [-0.25, -0.2) is 4.98 Å². The molecule has 0 aromatic carbocycles. The van der Waals surface area contributed by atoms with Gasteiger partial charge in [-0.3, -0.25) is 0 Å². The van der Waals surface area contributed by atoms with Crippen LogP contribution < -0.4 is 0 Å². The summed E-state index contributed by atoms with van der Waals surface area (Å²) in [5.74, 6) is 0.820. The van der Waals surface area contributed by atoms with Crippen molar-refractivity contribution >= 4 is 22.9 Å². The summed E-state index contributed by atoms with van der Waals surface area (Å²) in [6, 6.07) is 6.00. The average Bonchev–Trinajstić information content (AvgIpc) is 2.82. The first kappa shape index (κ1) is 10.2. The Balaban J connectivity index is 2.51. The van der Waals surface area contributed by atoms with Gasteiger partial charge < -0.3 is 4.57 Å². The summed E-state index contributed by atoms with van der Waals surface area (Å²) >= 11 is 7.67. The molecule has 0 unspecified atom stereocenters. The van der Waals surface area contributed by atoms with E-state index in [1.165, 1.54) is 0 Å². The van der Waals surface area contributed by atoms with Crippen LogP contribution in [-0.2, 0) is 13.5 Å². The lowest BCUT2D eigenvalue weighted by atomic mass is 10.4. The maximum Gasteiger partial charge on any atom is 0.151 e. The summed E-state index contributed by atoms with van der Waals surface area (Å²) in [5, 5.41) is 11.1. The summed E-state index contributed by atoms with van der Waals surface area (Å²) < 4.78 is 1.81. The highest BCUT2D eigenvalue weighted by Crippen LogP contribution is 2.28. The van der Waals surface area contributed by atoms with E-state index in [0.29, 0.717) is 10.8 Å². The molecule has 2 heterocycles. The fourth-order valence-corrected chi connectivity index (χ4v) is 2.29. The molecule has 0 aliphatic heterocycles. The van der Waals surface area contributed by atoms with Crippen LogP contribution >= 0.6 is 22.9 Å². The minimum absolute atomic E-state index is 0.248. The molecule has 0 fully saturated rings. The second-order valence-electron chi connectivity index (χ2n) is 3.04. The number of rotatable bonds is 2. The van der Waals surface area contributed by atoms with Crippen LogP contribution in [0.3, 0.4) is 0 Å². The van der Waals surface area contributed by atoms with Gasteiger partial charge in [-0.15, -0.1) is 11.3 Å². The normalized spacial score (nSPS) is 10.2. The Bertz CT molecular complexity index is 508. The monoisotopic (exact) mass is 237 g/mol. The van der Waals surface area contributed by atoms with Crippen molar-refractivity contribution in [3.05, 3.63) is 28.4 Å². The van der Waals surface area contributed by atoms with Crippen LogP contribution in [0.1, 0.15) is 5.69 Å². The van der Waals surface area contributed by atoms with E-state index >= 15 is 0 Å². The van der Waals surface area contributed by atoms with E-state index < -0.39 is 0 Å². The predicted molar refractivity (Wildman–Crippen MR) is 60.8 cm³/mol. The lowest BCUT2D eigenvalue weighted by molar-refractivity contribution is 0.927. The summed E-state index contributed by atoms with van der Waals surface area (Å²) in [7, 11) is 1.85. The first-order valence-electron chi connectivity index (χ1n) is 4.36. The third kappa shape index (κ3) is 1.76. The highest BCUT2D eigenvalue weighted by atomic mass is 35.5. The number of hydrogen-bond donors (Lipinski definition) is 0. The van der Waals surface area contributed by atoms with Crippen molar-refractivity contribution in [2.45, 2.75) is 6.42 Å². The Morgan fingerprint density at radius 1 is 1.67 bits per heavy atom. The van der Waals surface area contributed by atoms with Gasteiger partial charge in [0.15, 0.2) is 5.82 Å². The molecule has 2 aromatic rings. The minimum atomic E-state index is 0.248. The SMILES string of the molecule is Cn1c(-c2cccs2)nc(CC#N)c1Cl. The van der Waals surface area contributed by atoms with E-state index in [9.17, 15) is 0 Å². The van der Waals surface area contributed by atoms with Gasteiger partial charge in [0.2, 0.25) is 0 Å². The van der Waals surface area contributed by atoms with Gasteiger partial charge in [0.05, 0.1) is 23.1 Å². The molecular formula is C10H8ClN3S. The predicted octanol–water partition coefficient (Wildman–Crippen LogP) is 2.87. The Kier molecular flexibility index (Phi) is 2.76. The lowest BCUT2D eigenvalue weighted by Crippen LogP contribution is -1.90. The third-order valence-corrected chi connectivity index (χ3v) is 3.42. The van der Waals surface area contributed by atoms with Crippen LogP contribution in [-0.4, -0.2) is 9.55 Å². The van der Waals surface area contributed by atoms with Gasteiger partial charge in [-0.2, -0.15) is 5.26 Å². The Morgan fingerprint density at radius 2 is 2.47 bits per heavy atom. The van der Waals surface area contributed by atoms with Crippen LogP contribution in [0, 0.1) is 11.3 Å². The standard InChI is InChI=1S/C10H8ClN3S/c1-14-9(11)7(4-5-12)13-10(14)8-3-2-6-15-8/h2-3,6H,4H2,1H3. The van der Waals surface area contributed by atoms with Crippen molar-refractivity contribution in [1.82, 2.24) is 9.55 Å². The molecule has 0 saturated heterocycles. The Labute approximate surface area is 96.6 Å². The number of hydrogen-bond acceptors (Lipinski definition) is 3. The molecule has 3 nitrogen and oxygen atoms in total. The van der Waals surface area contributed by atoms with Gasteiger partial charge >= 0.3 is 0 Å². The molecule has 2 rings (SSSR count). The molecule has 0 spiro atoms. The van der Waals surface area contributed by atoms with Crippen LogP contribution in [0.15, 0.2) is 17.5 Å². The quantitative estimate of drug-likeness (QED) is 0.806. The van der Waals surface area contributed by atoms with E-state index in [2.05, 4.69) is 11.1 Å². The molecule has 0 amide bonds. The van der Waals surface area contributed by atoms with Gasteiger partial charge in [0.25, 0.3) is 0 Å². The van der Waals surface area contributed by atoms with Crippen molar-refractivity contribution in [3.8, 4) is 16.8 Å². The van der Waals surface area contributed by atoms with Crippen molar-refractivity contribution in [1.29, 1.82) is 5.26 Å². The van der Waals surface area contributed by atoms with Crippen molar-refractivity contribution in [2.75, 3.05) is 0 Å². The number of thiophene rings is 1. The van der Waals surface area contributed by atoms with Gasteiger partial charge in [-0.1, -0.05) is 17.7 Å². The van der Waals surface area contributed by atoms with E-state index in [4.69, 9.17) is 16.9 Å². The van der Waals surface area contributed by atoms with Crippen LogP contribution in [0.5, 0.6) is 0 Å². The number of nitrogens with zero attached hydrogens (tertiary/aromatic N) is 3. The molecule has 0 aliphatic rings. The van der Waals surface area contributed by atoms with Gasteiger partial charge in [0.1, 0.15) is 5.15 Å². The highest BCUT2D eigenvalue weighted by molar-refractivity contribution is 7.13. The topological polar surface area (TPSA) is 41.6 Å². The first-order valence-corrected chi connectivity index (χ1v) is 5.61. The fraction of sp³-hybridized carbons (Fsp3) is 0.200. The third-order valence-electron chi connectivity index (χ3n) is 2.08. The maximum absolute atomic E-state index is 8.62. The number of imidazole rings is 1. The molecule has 0 N–H and O–H groups in total. The van der Waals surface area contributed by atoms with Crippen molar-refractivity contribution in [2.24, 2.45) is 7.05 Å². The molecule has 5 heteroatoms. The number of aromatic nitrogens is 2. The summed E-state index contributed by atoms with van der Waals surface area (Å²) in [6.45, 7) is 0. The molecule has 76 valence electrons. The van der Waals surface area contributed by atoms with E-state index in [-0.39, 0.29) is 6.42 Å². The molecule has 0 aliphatic carbocycles. The Hall–Kier alpha value is -1.31. The first-order chi connectivity index (χ1) is 7.24. The van der Waals surface area contributed by atoms with Crippen molar-refractivity contribution < 1.29 is 0 Å². The fourth-order valence-electron chi connectivity index (χ4n) is 1.35. The van der Waals surface area contributed by atoms with Gasteiger partial charge in [0, 0.05) is 7.05 Å². The average molecular weight is 238 g/mol. The van der Waals surface area contributed by atoms with E-state index in [1.54, 1.807) is 15.9 Å². The highest BCUT2D eigenvalue weighted by Gasteiger charge is 2.14. The zero-order chi connectivity index (χ0) is 10.8. The second kappa shape index (κ2) is 4.05. The Morgan fingerprint density at radius 3 is 3.07 bits per heavy atom. The molecule has 15 heavy (non-hydrogen) atoms. The molecule has 0 atom stereocenters. The zero-order valence-corrected chi connectivity index (χ0v) is 9.64. The summed E-state index contributed by atoms with van der Waals surface area (Å²) in [5.41, 5.74) is 0.644. The van der Waals surface area contributed by atoms with Crippen LogP contribution in [0.25, 0.3) is 10.7 Å². The molecule has 0 saturated carbocycles. The summed E-state index contributed by atoms with van der Waals surface area (Å²) in [4.78, 5) is 5.42. The molecule has 0 radical (unpaired) electrons. The maximum atomic E-state index is 8.62. The molecule has 2 aromatic heterocycles. The second-order valence-corrected chi connectivity index (χ2v) is 4.35. The number of halogens is 1. The molecule has 0 bridgehead atoms.